The van der Waals surface area contributed by atoms with Gasteiger partial charge in [0.1, 0.15) is 16.7 Å². The molecule has 0 spiro atoms. The first-order chi connectivity index (χ1) is 16.8. The van der Waals surface area contributed by atoms with E-state index in [0.29, 0.717) is 32.5 Å². The van der Waals surface area contributed by atoms with Crippen LogP contribution in [0.15, 0.2) is 53.4 Å². The van der Waals surface area contributed by atoms with Crippen molar-refractivity contribution in [2.75, 3.05) is 26.7 Å². The molecule has 1 saturated carbocycles. The van der Waals surface area contributed by atoms with Crippen molar-refractivity contribution in [3.05, 3.63) is 59.7 Å². The maximum absolute atomic E-state index is 13.3. The Hall–Kier alpha value is -2.43. The lowest BCUT2D eigenvalue weighted by atomic mass is 10.0. The number of likely N-dealkylation sites (tertiary alicyclic amines) is 1. The van der Waals surface area contributed by atoms with Crippen LogP contribution in [0.25, 0.3) is 0 Å². The summed E-state index contributed by atoms with van der Waals surface area (Å²) >= 11 is 0. The van der Waals surface area contributed by atoms with Gasteiger partial charge in [-0.1, -0.05) is 18.2 Å². The third kappa shape index (κ3) is 6.62. The first-order valence-corrected chi connectivity index (χ1v) is 12.9. The smallest absolute Gasteiger partial charge is 0.416 e. The number of nitrogens with one attached hydrogen (secondary N) is 1. The lowest BCUT2D eigenvalue weighted by Gasteiger charge is -2.38. The van der Waals surface area contributed by atoms with Crippen molar-refractivity contribution in [1.29, 1.82) is 0 Å². The van der Waals surface area contributed by atoms with Gasteiger partial charge in [0.2, 0.25) is 5.91 Å². The Labute approximate surface area is 206 Å². The lowest BCUT2D eigenvalue weighted by molar-refractivity contribution is -0.137. The zero-order valence-electron chi connectivity index (χ0n) is 19.6. The summed E-state index contributed by atoms with van der Waals surface area (Å²) in [5.41, 5.74) is 0.260. The summed E-state index contributed by atoms with van der Waals surface area (Å²) in [6.07, 6.45) is -1.41. The molecule has 190 valence electrons. The van der Waals surface area contributed by atoms with Crippen LogP contribution in [-0.4, -0.2) is 58.1 Å². The summed E-state index contributed by atoms with van der Waals surface area (Å²) < 4.78 is 59.7. The van der Waals surface area contributed by atoms with Gasteiger partial charge in [-0.15, -0.1) is 0 Å². The third-order valence-electron chi connectivity index (χ3n) is 6.40. The van der Waals surface area contributed by atoms with Crippen LogP contribution in [0.2, 0.25) is 0 Å². The number of carbonyl (C=O) groups is 1. The van der Waals surface area contributed by atoms with Crippen molar-refractivity contribution >= 4 is 16.9 Å². The molecule has 0 radical (unpaired) electrons. The van der Waals surface area contributed by atoms with Gasteiger partial charge < -0.3 is 15.0 Å². The maximum atomic E-state index is 13.3. The molecule has 2 aromatic rings. The van der Waals surface area contributed by atoms with E-state index in [4.69, 9.17) is 4.74 Å². The molecular formula is C25H30F3N3O3S. The van der Waals surface area contributed by atoms with E-state index < -0.39 is 22.7 Å². The minimum atomic E-state index is -4.47. The second kappa shape index (κ2) is 11.1. The molecule has 1 unspecified atom stereocenters. The Bertz CT molecular complexity index is 1040. The average molecular weight is 510 g/mol. The van der Waals surface area contributed by atoms with E-state index in [9.17, 15) is 22.2 Å². The maximum Gasteiger partial charge on any atom is 0.416 e. The summed E-state index contributed by atoms with van der Waals surface area (Å²) in [6.45, 7) is 1.87. The van der Waals surface area contributed by atoms with Crippen LogP contribution in [0, 0.1) is 0 Å². The van der Waals surface area contributed by atoms with Crippen molar-refractivity contribution < 1.29 is 26.9 Å². The van der Waals surface area contributed by atoms with Crippen molar-refractivity contribution in [2.45, 2.75) is 55.4 Å². The highest BCUT2D eigenvalue weighted by molar-refractivity contribution is 7.82. The van der Waals surface area contributed by atoms with Gasteiger partial charge in [-0.25, -0.2) is 8.51 Å². The molecule has 1 aliphatic heterocycles. The van der Waals surface area contributed by atoms with Gasteiger partial charge in [0.05, 0.1) is 24.1 Å². The number of nitrogens with zero attached hydrogens (tertiary/aromatic N) is 2. The number of rotatable bonds is 9. The van der Waals surface area contributed by atoms with Crippen molar-refractivity contribution in [3.63, 3.8) is 0 Å². The van der Waals surface area contributed by atoms with Crippen LogP contribution in [0.4, 0.5) is 13.2 Å². The van der Waals surface area contributed by atoms with E-state index in [2.05, 4.69) is 5.32 Å². The highest BCUT2D eigenvalue weighted by Crippen LogP contribution is 2.36. The van der Waals surface area contributed by atoms with Crippen molar-refractivity contribution in [2.24, 2.45) is 0 Å². The van der Waals surface area contributed by atoms with Gasteiger partial charge in [-0.2, -0.15) is 13.2 Å². The van der Waals surface area contributed by atoms with Crippen LogP contribution >= 0.6 is 0 Å². The molecular weight excluding hydrogens is 479 g/mol. The van der Waals surface area contributed by atoms with Gasteiger partial charge in [0.25, 0.3) is 0 Å². The Morgan fingerprint density at radius 1 is 1.09 bits per heavy atom. The molecule has 35 heavy (non-hydrogen) atoms. The molecule has 2 aliphatic rings. The monoisotopic (exact) mass is 509 g/mol. The van der Waals surface area contributed by atoms with Crippen LogP contribution in [0.5, 0.6) is 5.75 Å². The summed E-state index contributed by atoms with van der Waals surface area (Å²) in [5, 5.41) is 3.17. The second-order valence-corrected chi connectivity index (χ2v) is 10.3. The van der Waals surface area contributed by atoms with E-state index in [1.165, 1.54) is 12.1 Å². The normalized spacial score (nSPS) is 18.0. The van der Waals surface area contributed by atoms with E-state index in [-0.39, 0.29) is 29.4 Å². The number of benzene rings is 2. The van der Waals surface area contributed by atoms with Crippen molar-refractivity contribution in [1.82, 2.24) is 14.5 Å². The molecule has 1 saturated heterocycles. The number of piperidine rings is 1. The predicted octanol–water partition coefficient (Wildman–Crippen LogP) is 3.98. The van der Waals surface area contributed by atoms with E-state index in [1.54, 1.807) is 12.0 Å². The fraction of sp³-hybridized carbons (Fsp3) is 0.480. The fourth-order valence-corrected chi connectivity index (χ4v) is 5.97. The minimum absolute atomic E-state index is 0.00827. The van der Waals surface area contributed by atoms with E-state index in [1.807, 2.05) is 28.6 Å². The van der Waals surface area contributed by atoms with Gasteiger partial charge in [0.15, 0.2) is 0 Å². The topological polar surface area (TPSA) is 61.9 Å². The molecule has 1 atom stereocenters. The molecule has 4 rings (SSSR count). The zero-order chi connectivity index (χ0) is 25.0. The molecule has 0 bridgehead atoms. The Morgan fingerprint density at radius 3 is 2.34 bits per heavy atom. The van der Waals surface area contributed by atoms with Crippen molar-refractivity contribution in [3.8, 4) is 5.75 Å². The summed E-state index contributed by atoms with van der Waals surface area (Å²) in [5.74, 6) is 0.788. The average Bonchev–Trinajstić information content (AvgIpc) is 3.69. The Kier molecular flexibility index (Phi) is 8.13. The number of hydrogen-bond acceptors (Lipinski definition) is 4. The lowest BCUT2D eigenvalue weighted by Crippen LogP contribution is -2.49. The molecule has 6 nitrogen and oxygen atoms in total. The van der Waals surface area contributed by atoms with Crippen LogP contribution < -0.4 is 10.1 Å². The summed E-state index contributed by atoms with van der Waals surface area (Å²) in [7, 11) is -0.0603. The largest absolute Gasteiger partial charge is 0.497 e. The molecule has 2 fully saturated rings. The van der Waals surface area contributed by atoms with E-state index in [0.717, 1.165) is 36.3 Å². The standard InChI is InChI=1S/C25H30F3N3O3S/c1-34-22-9-5-18(6-10-22)16-29-17-24(32)30-13-11-21(12-14-30)31(20-7-8-20)35(33)23-4-2-3-19(15-23)25(26,27)28/h2-6,9-10,15,20-21,29H,7-8,11-14,16-17H2,1H3. The molecule has 1 aliphatic carbocycles. The second-order valence-electron chi connectivity index (χ2n) is 8.93. The third-order valence-corrected chi connectivity index (χ3v) is 8.04. The quantitative estimate of drug-likeness (QED) is 0.556. The summed E-state index contributed by atoms with van der Waals surface area (Å²) in [4.78, 5) is 14.6. The zero-order valence-corrected chi connectivity index (χ0v) is 20.4. The Balaban J connectivity index is 1.30. The number of amides is 1. The number of hydrogen-bond donors (Lipinski definition) is 1. The van der Waals surface area contributed by atoms with Gasteiger partial charge >= 0.3 is 6.18 Å². The molecule has 0 aromatic heterocycles. The number of halogens is 3. The molecule has 10 heteroatoms. The molecule has 1 heterocycles. The first kappa shape index (κ1) is 25.7. The molecule has 2 aromatic carbocycles. The summed E-state index contributed by atoms with van der Waals surface area (Å²) in [6, 6.07) is 12.5. The van der Waals surface area contributed by atoms with E-state index >= 15 is 0 Å². The first-order valence-electron chi connectivity index (χ1n) is 11.7. The van der Waals surface area contributed by atoms with Crippen LogP contribution in [0.3, 0.4) is 0 Å². The highest BCUT2D eigenvalue weighted by atomic mass is 32.2. The fourth-order valence-electron chi connectivity index (χ4n) is 4.34. The number of methoxy groups -OCH3 is 1. The predicted molar refractivity (Wildman–Crippen MR) is 127 cm³/mol. The minimum Gasteiger partial charge on any atom is -0.497 e. The molecule has 1 amide bonds. The Morgan fingerprint density at radius 2 is 1.74 bits per heavy atom. The number of carbonyl (C=O) groups excluding carboxylic acids is 1. The van der Waals surface area contributed by atoms with Crippen LogP contribution in [-0.2, 0) is 28.5 Å². The van der Waals surface area contributed by atoms with Gasteiger partial charge in [-0.3, -0.25) is 4.79 Å². The SMILES string of the molecule is COc1ccc(CNCC(=O)N2CCC(N(C3CC3)S(=O)c3cccc(C(F)(F)F)c3)CC2)cc1. The van der Waals surface area contributed by atoms with Gasteiger partial charge in [-0.05, 0) is 61.6 Å². The number of alkyl halides is 3. The highest BCUT2D eigenvalue weighted by Gasteiger charge is 2.40. The van der Waals surface area contributed by atoms with Gasteiger partial charge in [0, 0.05) is 31.7 Å². The molecule has 1 N–H and O–H groups in total. The van der Waals surface area contributed by atoms with Crippen LogP contribution in [0.1, 0.15) is 36.8 Å². The number of ether oxygens (including phenoxy) is 1.